The highest BCUT2D eigenvalue weighted by atomic mass is 16.5. The van der Waals surface area contributed by atoms with Gasteiger partial charge in [0.2, 0.25) is 0 Å². The summed E-state index contributed by atoms with van der Waals surface area (Å²) in [7, 11) is 3.31. The lowest BCUT2D eigenvalue weighted by Crippen LogP contribution is -2.21. The first kappa shape index (κ1) is 15.8. The van der Waals surface area contributed by atoms with Gasteiger partial charge in [0.1, 0.15) is 11.5 Å². The van der Waals surface area contributed by atoms with Gasteiger partial charge in [-0.1, -0.05) is 6.07 Å². The van der Waals surface area contributed by atoms with Crippen LogP contribution in [0, 0.1) is 0 Å². The maximum atomic E-state index is 9.21. The van der Waals surface area contributed by atoms with Crippen molar-refractivity contribution in [1.82, 2.24) is 5.32 Å². The highest BCUT2D eigenvalue weighted by molar-refractivity contribution is 5.42. The van der Waals surface area contributed by atoms with E-state index in [1.54, 1.807) is 14.2 Å². The Morgan fingerprint density at radius 2 is 1.95 bits per heavy atom. The summed E-state index contributed by atoms with van der Waals surface area (Å²) in [4.78, 5) is 0. The van der Waals surface area contributed by atoms with Gasteiger partial charge in [0, 0.05) is 17.7 Å². The molecule has 2 N–H and O–H groups in total. The van der Waals surface area contributed by atoms with E-state index in [9.17, 15) is 5.11 Å². The van der Waals surface area contributed by atoms with Crippen molar-refractivity contribution in [2.45, 2.75) is 38.8 Å². The Hall–Kier alpha value is -1.26. The van der Waals surface area contributed by atoms with Gasteiger partial charge >= 0.3 is 0 Å². The summed E-state index contributed by atoms with van der Waals surface area (Å²) in [5.41, 5.74) is 1.11. The normalized spacial score (nSPS) is 13.9. The summed E-state index contributed by atoms with van der Waals surface area (Å²) in [6.07, 6.45) is 1.55. The fourth-order valence-corrected chi connectivity index (χ4v) is 2.00. The van der Waals surface area contributed by atoms with E-state index < -0.39 is 0 Å². The lowest BCUT2D eigenvalue weighted by molar-refractivity contribution is 0.181. The van der Waals surface area contributed by atoms with E-state index in [1.165, 1.54) is 0 Å². The van der Waals surface area contributed by atoms with Crippen LogP contribution in [-0.2, 0) is 0 Å². The number of benzene rings is 1. The minimum absolute atomic E-state index is 0.204. The van der Waals surface area contributed by atoms with Crippen LogP contribution in [0.2, 0.25) is 0 Å². The van der Waals surface area contributed by atoms with Crippen LogP contribution >= 0.6 is 0 Å². The molecule has 108 valence electrons. The minimum atomic E-state index is -0.229. The molecule has 0 bridgehead atoms. The molecule has 4 nitrogen and oxygen atoms in total. The Morgan fingerprint density at radius 1 is 1.21 bits per heavy atom. The first-order valence-corrected chi connectivity index (χ1v) is 6.71. The number of rotatable bonds is 8. The SMILES string of the molecule is COc1ccc(C(C)NCCCC(C)O)c(OC)c1. The Balaban J connectivity index is 2.58. The molecule has 0 aliphatic carbocycles. The van der Waals surface area contributed by atoms with Crippen LogP contribution in [0.4, 0.5) is 0 Å². The van der Waals surface area contributed by atoms with Crippen molar-refractivity contribution >= 4 is 0 Å². The van der Waals surface area contributed by atoms with Gasteiger partial charge in [-0.25, -0.2) is 0 Å². The van der Waals surface area contributed by atoms with Crippen LogP contribution in [-0.4, -0.2) is 32.0 Å². The molecule has 0 radical (unpaired) electrons. The van der Waals surface area contributed by atoms with Gasteiger partial charge in [0.15, 0.2) is 0 Å². The van der Waals surface area contributed by atoms with Gasteiger partial charge in [-0.05, 0) is 39.3 Å². The third kappa shape index (κ3) is 5.09. The molecule has 2 atom stereocenters. The van der Waals surface area contributed by atoms with Crippen molar-refractivity contribution in [3.8, 4) is 11.5 Å². The highest BCUT2D eigenvalue weighted by Crippen LogP contribution is 2.29. The second kappa shape index (κ2) is 8.02. The van der Waals surface area contributed by atoms with Crippen LogP contribution in [0.25, 0.3) is 0 Å². The molecule has 0 fully saturated rings. The van der Waals surface area contributed by atoms with Crippen molar-refractivity contribution in [3.63, 3.8) is 0 Å². The van der Waals surface area contributed by atoms with E-state index in [2.05, 4.69) is 12.2 Å². The van der Waals surface area contributed by atoms with E-state index in [4.69, 9.17) is 9.47 Å². The first-order chi connectivity index (χ1) is 9.08. The third-order valence-electron chi connectivity index (χ3n) is 3.16. The predicted molar refractivity (Wildman–Crippen MR) is 76.9 cm³/mol. The predicted octanol–water partition coefficient (Wildman–Crippen LogP) is 2.52. The Labute approximate surface area is 115 Å². The van der Waals surface area contributed by atoms with Crippen molar-refractivity contribution in [2.75, 3.05) is 20.8 Å². The standard InChI is InChI=1S/C15H25NO3/c1-11(17)6-5-9-16-12(2)14-8-7-13(18-3)10-15(14)19-4/h7-8,10-12,16-17H,5-6,9H2,1-4H3. The molecule has 0 saturated heterocycles. The van der Waals surface area contributed by atoms with Gasteiger partial charge in [-0.2, -0.15) is 0 Å². The van der Waals surface area contributed by atoms with E-state index in [0.29, 0.717) is 0 Å². The van der Waals surface area contributed by atoms with E-state index in [0.717, 1.165) is 36.4 Å². The molecule has 0 aliphatic rings. The van der Waals surface area contributed by atoms with Crippen molar-refractivity contribution in [2.24, 2.45) is 0 Å². The highest BCUT2D eigenvalue weighted by Gasteiger charge is 2.11. The number of aliphatic hydroxyl groups excluding tert-OH is 1. The maximum Gasteiger partial charge on any atom is 0.127 e. The topological polar surface area (TPSA) is 50.7 Å². The average Bonchev–Trinajstić information content (AvgIpc) is 2.42. The summed E-state index contributed by atoms with van der Waals surface area (Å²) < 4.78 is 10.6. The fourth-order valence-electron chi connectivity index (χ4n) is 2.00. The van der Waals surface area contributed by atoms with Gasteiger partial charge in [-0.3, -0.25) is 0 Å². The Kier molecular flexibility index (Phi) is 6.67. The number of methoxy groups -OCH3 is 2. The molecule has 2 unspecified atom stereocenters. The molecule has 19 heavy (non-hydrogen) atoms. The van der Waals surface area contributed by atoms with Crippen LogP contribution in [0.3, 0.4) is 0 Å². The molecule has 0 aliphatic heterocycles. The summed E-state index contributed by atoms with van der Waals surface area (Å²) in [5.74, 6) is 1.62. The van der Waals surface area contributed by atoms with Crippen molar-refractivity contribution in [3.05, 3.63) is 23.8 Å². The number of hydrogen-bond donors (Lipinski definition) is 2. The molecule has 1 rings (SSSR count). The van der Waals surface area contributed by atoms with E-state index in [1.807, 2.05) is 25.1 Å². The number of nitrogens with one attached hydrogen (secondary N) is 1. The lowest BCUT2D eigenvalue weighted by atomic mass is 10.1. The summed E-state index contributed by atoms with van der Waals surface area (Å²) in [6, 6.07) is 6.05. The lowest BCUT2D eigenvalue weighted by Gasteiger charge is -2.18. The Bertz CT molecular complexity index is 380. The summed E-state index contributed by atoms with van der Waals surface area (Å²) in [5, 5.41) is 12.6. The van der Waals surface area contributed by atoms with Crippen molar-refractivity contribution in [1.29, 1.82) is 0 Å². The van der Waals surface area contributed by atoms with Gasteiger partial charge < -0.3 is 19.9 Å². The van der Waals surface area contributed by atoms with Crippen LogP contribution < -0.4 is 14.8 Å². The Morgan fingerprint density at radius 3 is 2.53 bits per heavy atom. The molecule has 1 aromatic carbocycles. The summed E-state index contributed by atoms with van der Waals surface area (Å²) in [6.45, 7) is 4.80. The van der Waals surface area contributed by atoms with E-state index in [-0.39, 0.29) is 12.1 Å². The molecular weight excluding hydrogens is 242 g/mol. The first-order valence-electron chi connectivity index (χ1n) is 6.71. The molecule has 4 heteroatoms. The number of aliphatic hydroxyl groups is 1. The minimum Gasteiger partial charge on any atom is -0.497 e. The van der Waals surface area contributed by atoms with Crippen LogP contribution in [0.5, 0.6) is 11.5 Å². The van der Waals surface area contributed by atoms with Crippen LogP contribution in [0.1, 0.15) is 38.3 Å². The smallest absolute Gasteiger partial charge is 0.127 e. The molecule has 0 saturated carbocycles. The average molecular weight is 267 g/mol. The van der Waals surface area contributed by atoms with Gasteiger partial charge in [0.05, 0.1) is 20.3 Å². The monoisotopic (exact) mass is 267 g/mol. The molecule has 0 aromatic heterocycles. The number of hydrogen-bond acceptors (Lipinski definition) is 4. The fraction of sp³-hybridized carbons (Fsp3) is 0.600. The van der Waals surface area contributed by atoms with Crippen molar-refractivity contribution < 1.29 is 14.6 Å². The van der Waals surface area contributed by atoms with Crippen LogP contribution in [0.15, 0.2) is 18.2 Å². The maximum absolute atomic E-state index is 9.21. The van der Waals surface area contributed by atoms with Gasteiger partial charge in [-0.15, -0.1) is 0 Å². The van der Waals surface area contributed by atoms with E-state index >= 15 is 0 Å². The quantitative estimate of drug-likeness (QED) is 0.711. The summed E-state index contributed by atoms with van der Waals surface area (Å²) >= 11 is 0. The number of ether oxygens (including phenoxy) is 2. The zero-order valence-electron chi connectivity index (χ0n) is 12.3. The zero-order valence-corrected chi connectivity index (χ0v) is 12.3. The molecule has 0 amide bonds. The third-order valence-corrected chi connectivity index (χ3v) is 3.16. The van der Waals surface area contributed by atoms with Gasteiger partial charge in [0.25, 0.3) is 0 Å². The largest absolute Gasteiger partial charge is 0.497 e. The molecule has 0 heterocycles. The zero-order chi connectivity index (χ0) is 14.3. The molecule has 1 aromatic rings. The second-order valence-electron chi connectivity index (χ2n) is 4.77. The molecular formula is C15H25NO3. The molecule has 0 spiro atoms. The second-order valence-corrected chi connectivity index (χ2v) is 4.77.